The lowest BCUT2D eigenvalue weighted by Gasteiger charge is -2.08. The molecule has 0 unspecified atom stereocenters. The van der Waals surface area contributed by atoms with E-state index in [9.17, 15) is 14.4 Å². The van der Waals surface area contributed by atoms with Crippen LogP contribution in [0.4, 0.5) is 0 Å². The van der Waals surface area contributed by atoms with Crippen molar-refractivity contribution >= 4 is 17.8 Å². The normalized spacial score (nSPS) is 11.1. The number of amides is 2. The number of ether oxygens (including phenoxy) is 1. The Labute approximate surface area is 263 Å². The van der Waals surface area contributed by atoms with Gasteiger partial charge >= 0.3 is 5.97 Å². The first kappa shape index (κ1) is 38.7. The fraction of sp³-hybridized carbons (Fsp3) is 0.757. The van der Waals surface area contributed by atoms with Crippen molar-refractivity contribution in [3.63, 3.8) is 0 Å². The minimum absolute atomic E-state index is 0.234. The highest BCUT2D eigenvalue weighted by atomic mass is 16.5. The number of hydrogen-bond acceptors (Lipinski definition) is 4. The molecule has 1 rings (SSSR count). The fourth-order valence-corrected chi connectivity index (χ4v) is 5.38. The number of hydrogen-bond donors (Lipinski definition) is 2. The Bertz CT molecular complexity index is 836. The predicted octanol–water partition coefficient (Wildman–Crippen LogP) is 10.4. The number of carbonyl (C=O) groups excluding carboxylic acids is 2. The minimum atomic E-state index is -0.724. The monoisotopic (exact) mass is 601 g/mol. The molecule has 0 spiro atoms. The van der Waals surface area contributed by atoms with Gasteiger partial charge in [0.2, 0.25) is 5.91 Å². The van der Waals surface area contributed by atoms with E-state index in [0.717, 1.165) is 69.5 Å². The molecule has 0 aromatic heterocycles. The van der Waals surface area contributed by atoms with Gasteiger partial charge in [-0.1, -0.05) is 136 Å². The van der Waals surface area contributed by atoms with Crippen molar-refractivity contribution in [2.24, 2.45) is 5.92 Å². The highest BCUT2D eigenvalue weighted by Crippen LogP contribution is 2.16. The molecule has 6 heteroatoms. The van der Waals surface area contributed by atoms with Crippen LogP contribution in [0.1, 0.15) is 178 Å². The predicted molar refractivity (Wildman–Crippen MR) is 178 cm³/mol. The third kappa shape index (κ3) is 24.7. The van der Waals surface area contributed by atoms with E-state index in [-0.39, 0.29) is 18.2 Å². The molecule has 2 amide bonds. The molecule has 0 saturated heterocycles. The first-order chi connectivity index (χ1) is 20.9. The minimum Gasteiger partial charge on any atom is -0.494 e. The first-order valence-electron chi connectivity index (χ1n) is 17.7. The van der Waals surface area contributed by atoms with Crippen LogP contribution >= 0.6 is 0 Å². The summed E-state index contributed by atoms with van der Waals surface area (Å²) in [6, 6.07) is 7.02. The second-order valence-corrected chi connectivity index (χ2v) is 12.8. The molecule has 0 bridgehead atoms. The molecular formula is C37H63NO5. The van der Waals surface area contributed by atoms with Crippen molar-refractivity contribution in [3.05, 3.63) is 29.8 Å². The summed E-state index contributed by atoms with van der Waals surface area (Å²) in [6.45, 7) is 5.32. The number of carboxylic acids is 1. The number of nitrogens with one attached hydrogen (secondary N) is 1. The van der Waals surface area contributed by atoms with Gasteiger partial charge in [-0.25, -0.2) is 0 Å². The van der Waals surface area contributed by atoms with E-state index in [1.807, 2.05) is 0 Å². The largest absolute Gasteiger partial charge is 0.494 e. The van der Waals surface area contributed by atoms with Crippen LogP contribution in [0.2, 0.25) is 0 Å². The number of carbonyl (C=O) groups is 3. The van der Waals surface area contributed by atoms with Gasteiger partial charge in [0.15, 0.2) is 0 Å². The summed E-state index contributed by atoms with van der Waals surface area (Å²) in [7, 11) is 0. The van der Waals surface area contributed by atoms with Gasteiger partial charge in [-0.05, 0) is 49.4 Å². The Hall–Kier alpha value is -2.37. The molecule has 1 aromatic carbocycles. The first-order valence-corrected chi connectivity index (χ1v) is 17.7. The zero-order valence-corrected chi connectivity index (χ0v) is 27.6. The van der Waals surface area contributed by atoms with Crippen molar-refractivity contribution in [2.45, 2.75) is 168 Å². The second kappa shape index (κ2) is 27.2. The molecule has 246 valence electrons. The summed E-state index contributed by atoms with van der Waals surface area (Å²) >= 11 is 0. The van der Waals surface area contributed by atoms with Crippen LogP contribution in [-0.2, 0) is 9.59 Å². The van der Waals surface area contributed by atoms with E-state index in [1.165, 1.54) is 83.5 Å². The summed E-state index contributed by atoms with van der Waals surface area (Å²) in [4.78, 5) is 35.0. The third-order valence-electron chi connectivity index (χ3n) is 8.11. The highest BCUT2D eigenvalue weighted by Gasteiger charge is 2.10. The molecule has 0 atom stereocenters. The molecule has 0 heterocycles. The van der Waals surface area contributed by atoms with Gasteiger partial charge in [-0.15, -0.1) is 0 Å². The van der Waals surface area contributed by atoms with Crippen molar-refractivity contribution in [2.75, 3.05) is 6.61 Å². The molecule has 2 N–H and O–H groups in total. The second-order valence-electron chi connectivity index (χ2n) is 12.8. The molecule has 0 fully saturated rings. The maximum atomic E-state index is 12.4. The fourth-order valence-electron chi connectivity index (χ4n) is 5.38. The van der Waals surface area contributed by atoms with Crippen LogP contribution in [0.5, 0.6) is 5.75 Å². The van der Waals surface area contributed by atoms with Crippen molar-refractivity contribution in [3.8, 4) is 5.75 Å². The van der Waals surface area contributed by atoms with Gasteiger partial charge < -0.3 is 9.84 Å². The van der Waals surface area contributed by atoms with Gasteiger partial charge in [0.05, 0.1) is 6.61 Å². The molecule has 43 heavy (non-hydrogen) atoms. The quantitative estimate of drug-likeness (QED) is 0.0891. The van der Waals surface area contributed by atoms with Crippen LogP contribution in [0.25, 0.3) is 0 Å². The zero-order valence-electron chi connectivity index (χ0n) is 27.6. The van der Waals surface area contributed by atoms with Crippen molar-refractivity contribution in [1.82, 2.24) is 5.32 Å². The van der Waals surface area contributed by atoms with E-state index in [1.54, 1.807) is 24.3 Å². The molecule has 6 nitrogen and oxygen atoms in total. The molecule has 0 saturated carbocycles. The molecule has 0 aliphatic heterocycles. The highest BCUT2D eigenvalue weighted by molar-refractivity contribution is 6.04. The summed E-state index contributed by atoms with van der Waals surface area (Å²) < 4.78 is 5.84. The van der Waals surface area contributed by atoms with Gasteiger partial charge in [-0.2, -0.15) is 0 Å². The van der Waals surface area contributed by atoms with E-state index in [4.69, 9.17) is 9.84 Å². The van der Waals surface area contributed by atoms with E-state index < -0.39 is 5.97 Å². The van der Waals surface area contributed by atoms with Gasteiger partial charge in [0.1, 0.15) is 5.75 Å². The Balaban J connectivity index is 1.96. The lowest BCUT2D eigenvalue weighted by molar-refractivity contribution is -0.137. The summed E-state index contributed by atoms with van der Waals surface area (Å²) in [6.07, 6.45) is 27.1. The van der Waals surface area contributed by atoms with Crippen molar-refractivity contribution in [1.29, 1.82) is 0 Å². The summed E-state index contributed by atoms with van der Waals surface area (Å²) in [5.74, 6) is 0.283. The van der Waals surface area contributed by atoms with Crippen LogP contribution in [0.15, 0.2) is 24.3 Å². The summed E-state index contributed by atoms with van der Waals surface area (Å²) in [5.41, 5.74) is 0.463. The van der Waals surface area contributed by atoms with Crippen LogP contribution in [0, 0.1) is 5.92 Å². The molecule has 0 radical (unpaired) electrons. The average molecular weight is 602 g/mol. The Morgan fingerprint density at radius 1 is 0.605 bits per heavy atom. The Kier molecular flexibility index (Phi) is 24.4. The lowest BCUT2D eigenvalue weighted by atomic mass is 10.0. The average Bonchev–Trinajstić information content (AvgIpc) is 2.97. The molecule has 1 aromatic rings. The smallest absolute Gasteiger partial charge is 0.303 e. The number of carboxylic acid groups (broad SMARTS) is 1. The Morgan fingerprint density at radius 2 is 1.02 bits per heavy atom. The number of imide groups is 1. The maximum Gasteiger partial charge on any atom is 0.303 e. The van der Waals surface area contributed by atoms with E-state index >= 15 is 0 Å². The zero-order chi connectivity index (χ0) is 31.4. The molecular weight excluding hydrogens is 538 g/mol. The van der Waals surface area contributed by atoms with Crippen molar-refractivity contribution < 1.29 is 24.2 Å². The standard InChI is InChI=1S/C37H63NO5/c1-32(2)24-20-16-12-8-6-4-3-5-7-11-15-19-23-31-43-34-29-27-33(28-30-34)37(42)38-35(39)25-21-17-13-9-10-14-18-22-26-36(40)41/h27-30,32H,3-26,31H2,1-2H3,(H,40,41)(H,38,39,42). The van der Waals surface area contributed by atoms with Crippen LogP contribution in [-0.4, -0.2) is 29.5 Å². The molecule has 0 aliphatic carbocycles. The summed E-state index contributed by atoms with van der Waals surface area (Å²) in [5, 5.41) is 11.1. The number of benzene rings is 1. The van der Waals surface area contributed by atoms with Gasteiger partial charge in [-0.3, -0.25) is 19.7 Å². The van der Waals surface area contributed by atoms with Crippen LogP contribution in [0.3, 0.4) is 0 Å². The number of rotatable bonds is 29. The van der Waals surface area contributed by atoms with E-state index in [0.29, 0.717) is 18.6 Å². The van der Waals surface area contributed by atoms with Crippen LogP contribution < -0.4 is 10.1 Å². The van der Waals surface area contributed by atoms with E-state index in [2.05, 4.69) is 19.2 Å². The van der Waals surface area contributed by atoms with Gasteiger partial charge in [0.25, 0.3) is 5.91 Å². The SMILES string of the molecule is CC(C)CCCCCCCCCCCCCCCOc1ccc(C(=O)NC(=O)CCCCCCCCCCC(=O)O)cc1. The van der Waals surface area contributed by atoms with Gasteiger partial charge in [0, 0.05) is 18.4 Å². The third-order valence-corrected chi connectivity index (χ3v) is 8.11. The lowest BCUT2D eigenvalue weighted by Crippen LogP contribution is -2.30. The number of unbranched alkanes of at least 4 members (excludes halogenated alkanes) is 19. The maximum absolute atomic E-state index is 12.4. The molecule has 0 aliphatic rings. The topological polar surface area (TPSA) is 92.7 Å². The number of aliphatic carboxylic acids is 1. The Morgan fingerprint density at radius 3 is 1.49 bits per heavy atom.